The molecule has 0 fully saturated rings. The minimum Gasteiger partial charge on any atom is -0.321 e. The third-order valence-electron chi connectivity index (χ3n) is 4.46. The second-order valence-electron chi connectivity index (χ2n) is 6.31. The molecule has 2 heterocycles. The second-order valence-corrected chi connectivity index (χ2v) is 6.67. The third-order valence-corrected chi connectivity index (χ3v) is 4.83. The molecule has 0 saturated heterocycles. The van der Waals surface area contributed by atoms with E-state index in [9.17, 15) is 18.0 Å². The van der Waals surface area contributed by atoms with Crippen molar-refractivity contribution in [1.82, 2.24) is 9.78 Å². The SMILES string of the molecule is Cc1nn(-c2cccc(C(F)(F)F)c2)c(Cl)c1/C=C1\C(=O)Nc2ccccc21. The van der Waals surface area contributed by atoms with E-state index in [4.69, 9.17) is 11.6 Å². The monoisotopic (exact) mass is 403 g/mol. The number of hydrogen-bond donors (Lipinski definition) is 1. The van der Waals surface area contributed by atoms with Gasteiger partial charge in [-0.3, -0.25) is 4.79 Å². The van der Waals surface area contributed by atoms with Gasteiger partial charge in [0.25, 0.3) is 5.91 Å². The lowest BCUT2D eigenvalue weighted by atomic mass is 10.0. The van der Waals surface area contributed by atoms with E-state index < -0.39 is 11.7 Å². The molecule has 2 aromatic carbocycles. The predicted molar refractivity (Wildman–Crippen MR) is 101 cm³/mol. The molecule has 0 unspecified atom stereocenters. The zero-order chi connectivity index (χ0) is 20.1. The van der Waals surface area contributed by atoms with Crippen LogP contribution in [-0.4, -0.2) is 15.7 Å². The number of fused-ring (bicyclic) bond motifs is 1. The summed E-state index contributed by atoms with van der Waals surface area (Å²) in [6.07, 6.45) is -2.86. The number of aromatic nitrogens is 2. The molecule has 1 N–H and O–H groups in total. The van der Waals surface area contributed by atoms with Crippen molar-refractivity contribution in [2.24, 2.45) is 0 Å². The Kier molecular flexibility index (Phi) is 4.27. The zero-order valence-electron chi connectivity index (χ0n) is 14.5. The maximum absolute atomic E-state index is 13.0. The molecule has 142 valence electrons. The van der Waals surface area contributed by atoms with Crippen molar-refractivity contribution >= 4 is 34.8 Å². The number of alkyl halides is 3. The average molecular weight is 404 g/mol. The molecule has 8 heteroatoms. The molecule has 28 heavy (non-hydrogen) atoms. The highest BCUT2D eigenvalue weighted by Crippen LogP contribution is 2.36. The standard InChI is InChI=1S/C20H13ClF3N3O/c1-11-15(10-16-14-7-2-3-8-17(14)25-19(16)28)18(21)27(26-11)13-6-4-5-12(9-13)20(22,23)24/h2-10H,1H3,(H,25,28)/b16-10-. The maximum atomic E-state index is 13.0. The number of amides is 1. The van der Waals surface area contributed by atoms with Crippen LogP contribution in [-0.2, 0) is 11.0 Å². The number of para-hydroxylation sites is 1. The molecular formula is C20H13ClF3N3O. The Hall–Kier alpha value is -3.06. The van der Waals surface area contributed by atoms with Crippen molar-refractivity contribution in [3.05, 3.63) is 76.1 Å². The Morgan fingerprint density at radius 2 is 1.89 bits per heavy atom. The fourth-order valence-corrected chi connectivity index (χ4v) is 3.41. The van der Waals surface area contributed by atoms with Crippen LogP contribution in [0.1, 0.15) is 22.4 Å². The second kappa shape index (κ2) is 6.53. The third kappa shape index (κ3) is 3.07. The van der Waals surface area contributed by atoms with Crippen LogP contribution in [0.2, 0.25) is 5.15 Å². The first-order chi connectivity index (χ1) is 13.3. The maximum Gasteiger partial charge on any atom is 0.416 e. The Morgan fingerprint density at radius 3 is 2.64 bits per heavy atom. The highest BCUT2D eigenvalue weighted by atomic mass is 35.5. The Morgan fingerprint density at radius 1 is 1.14 bits per heavy atom. The number of nitrogens with zero attached hydrogens (tertiary/aromatic N) is 2. The first kappa shape index (κ1) is 18.3. The van der Waals surface area contributed by atoms with Gasteiger partial charge in [-0.15, -0.1) is 0 Å². The van der Waals surface area contributed by atoms with Gasteiger partial charge in [-0.25, -0.2) is 4.68 Å². The lowest BCUT2D eigenvalue weighted by Gasteiger charge is -2.09. The van der Waals surface area contributed by atoms with E-state index in [1.54, 1.807) is 25.1 Å². The number of nitrogens with one attached hydrogen (secondary N) is 1. The fraction of sp³-hybridized carbons (Fsp3) is 0.100. The van der Waals surface area contributed by atoms with Gasteiger partial charge in [0, 0.05) is 22.4 Å². The average Bonchev–Trinajstić information content (AvgIpc) is 3.12. The van der Waals surface area contributed by atoms with Crippen molar-refractivity contribution in [2.45, 2.75) is 13.1 Å². The highest BCUT2D eigenvalue weighted by molar-refractivity contribution is 6.36. The molecule has 4 nitrogen and oxygen atoms in total. The summed E-state index contributed by atoms with van der Waals surface area (Å²) in [6.45, 7) is 1.68. The first-order valence-electron chi connectivity index (χ1n) is 8.31. The molecule has 0 atom stereocenters. The molecular weight excluding hydrogens is 391 g/mol. The number of hydrogen-bond acceptors (Lipinski definition) is 2. The van der Waals surface area contributed by atoms with Gasteiger partial charge in [0.2, 0.25) is 0 Å². The Balaban J connectivity index is 1.81. The van der Waals surface area contributed by atoms with Crippen molar-refractivity contribution in [3.8, 4) is 5.69 Å². The van der Waals surface area contributed by atoms with E-state index in [2.05, 4.69) is 10.4 Å². The number of aryl methyl sites for hydroxylation is 1. The van der Waals surface area contributed by atoms with Crippen LogP contribution in [0.15, 0.2) is 48.5 Å². The largest absolute Gasteiger partial charge is 0.416 e. The summed E-state index contributed by atoms with van der Waals surface area (Å²) in [5.74, 6) is -0.275. The van der Waals surface area contributed by atoms with E-state index >= 15 is 0 Å². The molecule has 0 radical (unpaired) electrons. The highest BCUT2D eigenvalue weighted by Gasteiger charge is 2.31. The van der Waals surface area contributed by atoms with Crippen molar-refractivity contribution < 1.29 is 18.0 Å². The van der Waals surface area contributed by atoms with Crippen LogP contribution in [0, 0.1) is 6.92 Å². The van der Waals surface area contributed by atoms with Crippen LogP contribution in [0.4, 0.5) is 18.9 Å². The normalized spacial score (nSPS) is 15.0. The summed E-state index contributed by atoms with van der Waals surface area (Å²) in [7, 11) is 0. The van der Waals surface area contributed by atoms with Gasteiger partial charge in [0.15, 0.2) is 0 Å². The van der Waals surface area contributed by atoms with E-state index in [1.807, 2.05) is 12.1 Å². The predicted octanol–water partition coefficient (Wildman–Crippen LogP) is 5.35. The van der Waals surface area contributed by atoms with Crippen molar-refractivity contribution in [2.75, 3.05) is 5.32 Å². The minimum atomic E-state index is -4.47. The molecule has 1 aliphatic heterocycles. The molecule has 1 aromatic heterocycles. The van der Waals surface area contributed by atoms with Crippen LogP contribution < -0.4 is 5.32 Å². The lowest BCUT2D eigenvalue weighted by molar-refractivity contribution is -0.137. The number of carbonyl (C=O) groups is 1. The molecule has 0 saturated carbocycles. The van der Waals surface area contributed by atoms with Gasteiger partial charge >= 0.3 is 6.18 Å². The van der Waals surface area contributed by atoms with E-state index in [0.29, 0.717) is 22.5 Å². The molecule has 3 aromatic rings. The number of anilines is 1. The van der Waals surface area contributed by atoms with Crippen LogP contribution in [0.5, 0.6) is 0 Å². The van der Waals surface area contributed by atoms with E-state index in [0.717, 1.165) is 17.7 Å². The van der Waals surface area contributed by atoms with Gasteiger partial charge in [-0.1, -0.05) is 35.9 Å². The van der Waals surface area contributed by atoms with E-state index in [1.165, 1.54) is 16.8 Å². The topological polar surface area (TPSA) is 46.9 Å². The van der Waals surface area contributed by atoms with E-state index in [-0.39, 0.29) is 16.7 Å². The first-order valence-corrected chi connectivity index (χ1v) is 8.68. The molecule has 0 spiro atoms. The summed E-state index contributed by atoms with van der Waals surface area (Å²) < 4.78 is 40.3. The quantitative estimate of drug-likeness (QED) is 0.587. The summed E-state index contributed by atoms with van der Waals surface area (Å²) >= 11 is 6.43. The van der Waals surface area contributed by atoms with Gasteiger partial charge in [-0.05, 0) is 37.3 Å². The van der Waals surface area contributed by atoms with Crippen molar-refractivity contribution in [3.63, 3.8) is 0 Å². The zero-order valence-corrected chi connectivity index (χ0v) is 15.3. The molecule has 1 aliphatic rings. The molecule has 0 aliphatic carbocycles. The number of carbonyl (C=O) groups excluding carboxylic acids is 1. The summed E-state index contributed by atoms with van der Waals surface area (Å²) in [5.41, 5.74) is 2.20. The smallest absolute Gasteiger partial charge is 0.321 e. The minimum absolute atomic E-state index is 0.126. The van der Waals surface area contributed by atoms with Crippen molar-refractivity contribution in [1.29, 1.82) is 0 Å². The Bertz CT molecular complexity index is 1130. The molecule has 4 rings (SSSR count). The number of benzene rings is 2. The molecule has 1 amide bonds. The van der Waals surface area contributed by atoms with Gasteiger partial charge < -0.3 is 5.32 Å². The summed E-state index contributed by atoms with van der Waals surface area (Å²) in [5, 5.41) is 7.16. The molecule has 0 bridgehead atoms. The Labute approximate surface area is 163 Å². The number of halogens is 4. The van der Waals surface area contributed by atoms with Crippen LogP contribution in [0.25, 0.3) is 17.3 Å². The van der Waals surface area contributed by atoms with Gasteiger partial charge in [0.1, 0.15) is 5.15 Å². The summed E-state index contributed by atoms with van der Waals surface area (Å²) in [6, 6.07) is 12.0. The lowest BCUT2D eigenvalue weighted by Crippen LogP contribution is -2.06. The van der Waals surface area contributed by atoms with Crippen LogP contribution >= 0.6 is 11.6 Å². The van der Waals surface area contributed by atoms with Gasteiger partial charge in [-0.2, -0.15) is 18.3 Å². The van der Waals surface area contributed by atoms with Crippen LogP contribution in [0.3, 0.4) is 0 Å². The summed E-state index contributed by atoms with van der Waals surface area (Å²) in [4.78, 5) is 12.3. The number of rotatable bonds is 2. The van der Waals surface area contributed by atoms with Gasteiger partial charge in [0.05, 0.1) is 16.9 Å². The fourth-order valence-electron chi connectivity index (χ4n) is 3.09.